The minimum Gasteiger partial charge on any atom is -0.464 e. The van der Waals surface area contributed by atoms with Gasteiger partial charge in [-0.3, -0.25) is 9.38 Å². The van der Waals surface area contributed by atoms with Gasteiger partial charge in [-0.15, -0.1) is 0 Å². The SMILES string of the molecule is Cc1ncc2nccn2c1-c1ccc(Oc2nccc3occc23)cc1. The quantitative estimate of drug-likeness (QED) is 0.478. The molecular weight excluding hydrogens is 328 g/mol. The van der Waals surface area contributed by atoms with Gasteiger partial charge in [0, 0.05) is 24.2 Å². The van der Waals surface area contributed by atoms with Crippen molar-refractivity contribution in [3.63, 3.8) is 0 Å². The monoisotopic (exact) mass is 342 g/mol. The average Bonchev–Trinajstić information content (AvgIpc) is 3.32. The van der Waals surface area contributed by atoms with E-state index in [-0.39, 0.29) is 0 Å². The fraction of sp³-hybridized carbons (Fsp3) is 0.0500. The maximum absolute atomic E-state index is 5.94. The van der Waals surface area contributed by atoms with Crippen molar-refractivity contribution in [1.29, 1.82) is 0 Å². The Bertz CT molecular complexity index is 1220. The van der Waals surface area contributed by atoms with Crippen LogP contribution in [-0.2, 0) is 0 Å². The maximum Gasteiger partial charge on any atom is 0.230 e. The smallest absolute Gasteiger partial charge is 0.230 e. The number of benzene rings is 1. The third-order valence-electron chi connectivity index (χ3n) is 4.31. The Labute approximate surface area is 148 Å². The van der Waals surface area contributed by atoms with Gasteiger partial charge in [0.25, 0.3) is 0 Å². The summed E-state index contributed by atoms with van der Waals surface area (Å²) in [7, 11) is 0. The van der Waals surface area contributed by atoms with E-state index in [2.05, 4.69) is 15.0 Å². The second-order valence-corrected chi connectivity index (χ2v) is 5.92. The number of hydrogen-bond acceptors (Lipinski definition) is 5. The van der Waals surface area contributed by atoms with Gasteiger partial charge in [-0.05, 0) is 43.3 Å². The van der Waals surface area contributed by atoms with Crippen molar-refractivity contribution in [3.8, 4) is 22.9 Å². The average molecular weight is 342 g/mol. The third kappa shape index (κ3) is 2.31. The first-order valence-corrected chi connectivity index (χ1v) is 8.19. The highest BCUT2D eigenvalue weighted by atomic mass is 16.5. The summed E-state index contributed by atoms with van der Waals surface area (Å²) in [6.07, 6.45) is 8.78. The summed E-state index contributed by atoms with van der Waals surface area (Å²) in [6, 6.07) is 11.5. The summed E-state index contributed by atoms with van der Waals surface area (Å²) in [5.74, 6) is 1.23. The summed E-state index contributed by atoms with van der Waals surface area (Å²) in [4.78, 5) is 13.0. The van der Waals surface area contributed by atoms with E-state index in [0.717, 1.165) is 33.6 Å². The Morgan fingerprint density at radius 3 is 2.73 bits per heavy atom. The molecular formula is C20H14N4O2. The van der Waals surface area contributed by atoms with Gasteiger partial charge in [-0.1, -0.05) is 0 Å². The van der Waals surface area contributed by atoms with E-state index in [1.165, 1.54) is 0 Å². The molecule has 0 bridgehead atoms. The standard InChI is InChI=1S/C20H14N4O2/c1-13-19(24-10-9-21-18(24)12-23-13)14-2-4-15(5-3-14)26-20-16-7-11-25-17(16)6-8-22-20/h2-12H,1H3. The highest BCUT2D eigenvalue weighted by Crippen LogP contribution is 2.30. The second kappa shape index (κ2) is 5.70. The lowest BCUT2D eigenvalue weighted by Crippen LogP contribution is -1.97. The molecule has 5 aromatic rings. The molecule has 0 aliphatic heterocycles. The molecule has 0 radical (unpaired) electrons. The first-order valence-electron chi connectivity index (χ1n) is 8.19. The highest BCUT2D eigenvalue weighted by Gasteiger charge is 2.11. The highest BCUT2D eigenvalue weighted by molar-refractivity contribution is 5.82. The zero-order valence-corrected chi connectivity index (χ0v) is 14.0. The molecule has 0 fully saturated rings. The predicted octanol–water partition coefficient (Wildman–Crippen LogP) is 4.64. The number of aryl methyl sites for hydroxylation is 1. The first kappa shape index (κ1) is 14.7. The number of ether oxygens (including phenoxy) is 1. The molecule has 4 heterocycles. The summed E-state index contributed by atoms with van der Waals surface area (Å²) < 4.78 is 13.4. The molecule has 0 N–H and O–H groups in total. The molecule has 0 unspecified atom stereocenters. The number of fused-ring (bicyclic) bond motifs is 2. The first-order chi connectivity index (χ1) is 12.8. The van der Waals surface area contributed by atoms with Crippen molar-refractivity contribution < 1.29 is 9.15 Å². The second-order valence-electron chi connectivity index (χ2n) is 5.92. The number of rotatable bonds is 3. The molecule has 4 aromatic heterocycles. The van der Waals surface area contributed by atoms with E-state index in [1.54, 1.807) is 24.9 Å². The van der Waals surface area contributed by atoms with Gasteiger partial charge in [0.15, 0.2) is 5.65 Å². The number of pyridine rings is 1. The van der Waals surface area contributed by atoms with Crippen LogP contribution in [0.2, 0.25) is 0 Å². The van der Waals surface area contributed by atoms with Crippen LogP contribution in [0.4, 0.5) is 0 Å². The van der Waals surface area contributed by atoms with E-state index < -0.39 is 0 Å². The molecule has 0 aliphatic carbocycles. The number of hydrogen-bond donors (Lipinski definition) is 0. The van der Waals surface area contributed by atoms with E-state index in [1.807, 2.05) is 53.9 Å². The normalized spacial score (nSPS) is 11.3. The summed E-state index contributed by atoms with van der Waals surface area (Å²) in [5.41, 5.74) is 4.57. The van der Waals surface area contributed by atoms with Crippen LogP contribution in [-0.4, -0.2) is 19.4 Å². The summed E-state index contributed by atoms with van der Waals surface area (Å²) in [5, 5.41) is 0.847. The van der Waals surface area contributed by atoms with Gasteiger partial charge in [0.05, 0.1) is 29.2 Å². The molecule has 0 saturated carbocycles. The van der Waals surface area contributed by atoms with Gasteiger partial charge in [-0.25, -0.2) is 9.97 Å². The van der Waals surface area contributed by atoms with Crippen molar-refractivity contribution in [1.82, 2.24) is 19.4 Å². The van der Waals surface area contributed by atoms with Gasteiger partial charge in [0.2, 0.25) is 5.88 Å². The topological polar surface area (TPSA) is 65.5 Å². The van der Waals surface area contributed by atoms with Crippen LogP contribution < -0.4 is 4.74 Å². The predicted molar refractivity (Wildman–Crippen MR) is 97.2 cm³/mol. The van der Waals surface area contributed by atoms with Crippen molar-refractivity contribution in [2.75, 3.05) is 0 Å². The Hall–Kier alpha value is -3.67. The van der Waals surface area contributed by atoms with Crippen LogP contribution in [0.1, 0.15) is 5.69 Å². The fourth-order valence-corrected chi connectivity index (χ4v) is 3.08. The lowest BCUT2D eigenvalue weighted by atomic mass is 10.1. The van der Waals surface area contributed by atoms with Gasteiger partial charge in [-0.2, -0.15) is 0 Å². The summed E-state index contributed by atoms with van der Waals surface area (Å²) in [6.45, 7) is 1.99. The van der Waals surface area contributed by atoms with Crippen molar-refractivity contribution in [3.05, 3.63) is 73.1 Å². The number of furan rings is 1. The Morgan fingerprint density at radius 1 is 0.962 bits per heavy atom. The zero-order valence-electron chi connectivity index (χ0n) is 14.0. The largest absolute Gasteiger partial charge is 0.464 e. The van der Waals surface area contributed by atoms with E-state index in [0.29, 0.717) is 11.6 Å². The molecule has 26 heavy (non-hydrogen) atoms. The molecule has 6 nitrogen and oxygen atoms in total. The van der Waals surface area contributed by atoms with Gasteiger partial charge < -0.3 is 9.15 Å². The Balaban J connectivity index is 1.52. The van der Waals surface area contributed by atoms with Crippen LogP contribution in [0.15, 0.2) is 71.9 Å². The minimum atomic E-state index is 0.526. The van der Waals surface area contributed by atoms with Crippen LogP contribution in [0.3, 0.4) is 0 Å². The lowest BCUT2D eigenvalue weighted by molar-refractivity contribution is 0.469. The molecule has 0 amide bonds. The Kier molecular flexibility index (Phi) is 3.21. The van der Waals surface area contributed by atoms with Crippen LogP contribution in [0.25, 0.3) is 27.9 Å². The molecule has 5 rings (SSSR count). The lowest BCUT2D eigenvalue weighted by Gasteiger charge is -2.10. The van der Waals surface area contributed by atoms with Crippen molar-refractivity contribution in [2.45, 2.75) is 6.92 Å². The third-order valence-corrected chi connectivity index (χ3v) is 4.31. The maximum atomic E-state index is 5.94. The molecule has 0 aliphatic rings. The molecule has 6 heteroatoms. The molecule has 0 saturated heterocycles. The zero-order chi connectivity index (χ0) is 17.5. The molecule has 0 spiro atoms. The Morgan fingerprint density at radius 2 is 1.85 bits per heavy atom. The van der Waals surface area contributed by atoms with E-state index in [4.69, 9.17) is 9.15 Å². The summed E-state index contributed by atoms with van der Waals surface area (Å²) >= 11 is 0. The number of aromatic nitrogens is 4. The number of nitrogens with zero attached hydrogens (tertiary/aromatic N) is 4. The molecule has 126 valence electrons. The minimum absolute atomic E-state index is 0.526. The van der Waals surface area contributed by atoms with E-state index in [9.17, 15) is 0 Å². The van der Waals surface area contributed by atoms with Crippen molar-refractivity contribution in [2.24, 2.45) is 0 Å². The van der Waals surface area contributed by atoms with Crippen LogP contribution in [0.5, 0.6) is 11.6 Å². The molecule has 1 aromatic carbocycles. The number of imidazole rings is 1. The van der Waals surface area contributed by atoms with Gasteiger partial charge in [0.1, 0.15) is 11.3 Å². The van der Waals surface area contributed by atoms with Crippen molar-refractivity contribution >= 4 is 16.6 Å². The fourth-order valence-electron chi connectivity index (χ4n) is 3.08. The van der Waals surface area contributed by atoms with Crippen LogP contribution >= 0.6 is 0 Å². The van der Waals surface area contributed by atoms with Gasteiger partial charge >= 0.3 is 0 Å². The van der Waals surface area contributed by atoms with Crippen LogP contribution in [0, 0.1) is 6.92 Å². The van der Waals surface area contributed by atoms with E-state index >= 15 is 0 Å². The molecule has 0 atom stereocenters.